The van der Waals surface area contributed by atoms with Crippen LogP contribution in [0.3, 0.4) is 0 Å². The van der Waals surface area contributed by atoms with Crippen LogP contribution in [0.4, 0.5) is 0 Å². The Morgan fingerprint density at radius 1 is 1.08 bits per heavy atom. The van der Waals surface area contributed by atoms with Gasteiger partial charge in [0.15, 0.2) is 0 Å². The highest BCUT2D eigenvalue weighted by atomic mass is 32.2. The number of rotatable bonds is 4. The maximum absolute atomic E-state index is 3.61. The molecule has 1 nitrogen and oxygen atoms in total. The van der Waals surface area contributed by atoms with Crippen LogP contribution in [0.5, 0.6) is 0 Å². The monoisotopic (exact) mass is 189 g/mol. The molecule has 0 fully saturated rings. The maximum Gasteiger partial charge on any atom is 0.0220 e. The minimum Gasteiger partial charge on any atom is -0.306 e. The first-order chi connectivity index (χ1) is 5.27. The van der Waals surface area contributed by atoms with Gasteiger partial charge in [0.2, 0.25) is 0 Å². The standard InChI is InChI=1S/C10H23NS/c1-7-12-8-10(5,6)11-9(2,3)4/h11H,7-8H2,1-6H3. The lowest BCUT2D eigenvalue weighted by atomic mass is 10.0. The summed E-state index contributed by atoms with van der Waals surface area (Å²) in [4.78, 5) is 0. The van der Waals surface area contributed by atoms with Crippen LogP contribution in [0.1, 0.15) is 41.5 Å². The summed E-state index contributed by atoms with van der Waals surface area (Å²) in [5.41, 5.74) is 0.469. The first-order valence-electron chi connectivity index (χ1n) is 4.64. The van der Waals surface area contributed by atoms with Crippen LogP contribution in [0.2, 0.25) is 0 Å². The third-order valence-corrected chi connectivity index (χ3v) is 2.71. The van der Waals surface area contributed by atoms with E-state index in [1.54, 1.807) is 0 Å². The quantitative estimate of drug-likeness (QED) is 0.730. The van der Waals surface area contributed by atoms with E-state index in [9.17, 15) is 0 Å². The van der Waals surface area contributed by atoms with Crippen LogP contribution >= 0.6 is 11.8 Å². The second-order valence-electron chi connectivity index (χ2n) is 4.90. The second-order valence-corrected chi connectivity index (χ2v) is 6.17. The summed E-state index contributed by atoms with van der Waals surface area (Å²) in [7, 11) is 0. The van der Waals surface area contributed by atoms with Crippen molar-refractivity contribution in [2.45, 2.75) is 52.6 Å². The molecule has 0 spiro atoms. The number of thioether (sulfide) groups is 1. The van der Waals surface area contributed by atoms with Gasteiger partial charge in [-0.15, -0.1) is 0 Å². The Morgan fingerprint density at radius 3 is 1.92 bits per heavy atom. The van der Waals surface area contributed by atoms with Gasteiger partial charge in [0.05, 0.1) is 0 Å². The fourth-order valence-corrected chi connectivity index (χ4v) is 2.20. The van der Waals surface area contributed by atoms with Gasteiger partial charge in [-0.1, -0.05) is 6.92 Å². The summed E-state index contributed by atoms with van der Waals surface area (Å²) in [6, 6.07) is 0. The molecule has 0 aromatic rings. The van der Waals surface area contributed by atoms with Gasteiger partial charge in [0.25, 0.3) is 0 Å². The molecular weight excluding hydrogens is 166 g/mol. The fraction of sp³-hybridized carbons (Fsp3) is 1.00. The van der Waals surface area contributed by atoms with Gasteiger partial charge < -0.3 is 5.32 Å². The van der Waals surface area contributed by atoms with E-state index < -0.39 is 0 Å². The molecule has 0 unspecified atom stereocenters. The number of hydrogen-bond donors (Lipinski definition) is 1. The summed E-state index contributed by atoms with van der Waals surface area (Å²) in [6.45, 7) is 13.4. The second kappa shape index (κ2) is 4.52. The average molecular weight is 189 g/mol. The SMILES string of the molecule is CCSCC(C)(C)NC(C)(C)C. The summed E-state index contributed by atoms with van der Waals surface area (Å²) in [5, 5.41) is 3.61. The first kappa shape index (κ1) is 12.3. The van der Waals surface area contributed by atoms with E-state index in [0.29, 0.717) is 0 Å². The van der Waals surface area contributed by atoms with Crippen molar-refractivity contribution in [3.8, 4) is 0 Å². The van der Waals surface area contributed by atoms with Gasteiger partial charge in [0.1, 0.15) is 0 Å². The predicted molar refractivity (Wildman–Crippen MR) is 60.0 cm³/mol. The lowest BCUT2D eigenvalue weighted by molar-refractivity contribution is 0.307. The van der Waals surface area contributed by atoms with E-state index in [1.165, 1.54) is 11.5 Å². The maximum atomic E-state index is 3.61. The van der Waals surface area contributed by atoms with E-state index in [2.05, 4.69) is 46.9 Å². The Labute approximate surface area is 81.7 Å². The van der Waals surface area contributed by atoms with Crippen molar-refractivity contribution < 1.29 is 0 Å². The first-order valence-corrected chi connectivity index (χ1v) is 5.79. The number of hydrogen-bond acceptors (Lipinski definition) is 2. The molecule has 0 aromatic heterocycles. The predicted octanol–water partition coefficient (Wildman–Crippen LogP) is 2.91. The highest BCUT2D eigenvalue weighted by Crippen LogP contribution is 2.16. The minimum absolute atomic E-state index is 0.220. The normalized spacial score (nSPS) is 13.5. The van der Waals surface area contributed by atoms with Gasteiger partial charge in [-0.3, -0.25) is 0 Å². The fourth-order valence-electron chi connectivity index (χ4n) is 1.41. The third-order valence-electron chi connectivity index (χ3n) is 1.38. The van der Waals surface area contributed by atoms with Crippen molar-refractivity contribution in [3.63, 3.8) is 0 Å². The third kappa shape index (κ3) is 6.99. The molecule has 0 saturated carbocycles. The van der Waals surface area contributed by atoms with Crippen LogP contribution in [0.15, 0.2) is 0 Å². The van der Waals surface area contributed by atoms with Crippen LogP contribution in [0.25, 0.3) is 0 Å². The molecule has 0 aliphatic carbocycles. The van der Waals surface area contributed by atoms with Crippen LogP contribution < -0.4 is 5.32 Å². The van der Waals surface area contributed by atoms with Gasteiger partial charge in [0, 0.05) is 16.8 Å². The molecule has 0 heterocycles. The molecule has 2 heteroatoms. The molecule has 0 bridgehead atoms. The van der Waals surface area contributed by atoms with Crippen LogP contribution in [0, 0.1) is 0 Å². The van der Waals surface area contributed by atoms with Crippen molar-refractivity contribution in [3.05, 3.63) is 0 Å². The zero-order valence-corrected chi connectivity index (χ0v) is 10.1. The molecule has 0 amide bonds. The Morgan fingerprint density at radius 2 is 1.58 bits per heavy atom. The molecule has 0 rings (SSSR count). The average Bonchev–Trinajstić information content (AvgIpc) is 1.78. The Hall–Kier alpha value is 0.310. The zero-order chi connectivity index (χ0) is 9.83. The van der Waals surface area contributed by atoms with Crippen molar-refractivity contribution in [1.29, 1.82) is 0 Å². The van der Waals surface area contributed by atoms with Gasteiger partial charge in [-0.05, 0) is 40.4 Å². The van der Waals surface area contributed by atoms with E-state index in [1.807, 2.05) is 11.8 Å². The largest absolute Gasteiger partial charge is 0.306 e. The summed E-state index contributed by atoms with van der Waals surface area (Å²) >= 11 is 1.99. The van der Waals surface area contributed by atoms with Crippen molar-refractivity contribution in [2.75, 3.05) is 11.5 Å². The van der Waals surface area contributed by atoms with Crippen molar-refractivity contribution in [2.24, 2.45) is 0 Å². The number of nitrogens with one attached hydrogen (secondary N) is 1. The Kier molecular flexibility index (Phi) is 4.64. The Bertz CT molecular complexity index is 124. The van der Waals surface area contributed by atoms with Gasteiger partial charge in [-0.25, -0.2) is 0 Å². The molecule has 12 heavy (non-hydrogen) atoms. The molecule has 74 valence electrons. The summed E-state index contributed by atoms with van der Waals surface area (Å²) < 4.78 is 0. The van der Waals surface area contributed by atoms with Crippen LogP contribution in [-0.4, -0.2) is 22.6 Å². The molecule has 1 N–H and O–H groups in total. The van der Waals surface area contributed by atoms with E-state index >= 15 is 0 Å². The molecule has 0 radical (unpaired) electrons. The lowest BCUT2D eigenvalue weighted by Crippen LogP contribution is -2.51. The zero-order valence-electron chi connectivity index (χ0n) is 9.32. The van der Waals surface area contributed by atoms with Crippen molar-refractivity contribution in [1.82, 2.24) is 5.32 Å². The molecular formula is C10H23NS. The van der Waals surface area contributed by atoms with E-state index in [-0.39, 0.29) is 11.1 Å². The summed E-state index contributed by atoms with van der Waals surface area (Å²) in [6.07, 6.45) is 0. The molecule has 0 aliphatic rings. The molecule has 0 atom stereocenters. The van der Waals surface area contributed by atoms with E-state index in [4.69, 9.17) is 0 Å². The van der Waals surface area contributed by atoms with Crippen LogP contribution in [-0.2, 0) is 0 Å². The lowest BCUT2D eigenvalue weighted by Gasteiger charge is -2.34. The molecule has 0 saturated heterocycles. The molecule has 0 aromatic carbocycles. The topological polar surface area (TPSA) is 12.0 Å². The Balaban J connectivity index is 3.86. The highest BCUT2D eigenvalue weighted by molar-refractivity contribution is 7.99. The highest BCUT2D eigenvalue weighted by Gasteiger charge is 2.23. The summed E-state index contributed by atoms with van der Waals surface area (Å²) in [5.74, 6) is 2.38. The molecule has 0 aliphatic heterocycles. The van der Waals surface area contributed by atoms with Gasteiger partial charge in [-0.2, -0.15) is 11.8 Å². The smallest absolute Gasteiger partial charge is 0.0220 e. The van der Waals surface area contributed by atoms with Gasteiger partial charge >= 0.3 is 0 Å². The minimum atomic E-state index is 0.220. The van der Waals surface area contributed by atoms with Crippen molar-refractivity contribution >= 4 is 11.8 Å². The van der Waals surface area contributed by atoms with E-state index in [0.717, 1.165) is 0 Å².